The van der Waals surface area contributed by atoms with Gasteiger partial charge in [0.1, 0.15) is 0 Å². The van der Waals surface area contributed by atoms with E-state index in [9.17, 15) is 0 Å². The number of benzene rings is 1. The van der Waals surface area contributed by atoms with Gasteiger partial charge in [-0.1, -0.05) is 6.07 Å². The predicted octanol–water partition coefficient (Wildman–Crippen LogP) is 1.44. The first-order chi connectivity index (χ1) is 7.34. The van der Waals surface area contributed by atoms with E-state index in [4.69, 9.17) is 5.73 Å². The maximum Gasteiger partial charge on any atom is 0.0479 e. The summed E-state index contributed by atoms with van der Waals surface area (Å²) in [5, 5.41) is 4.75. The molecule has 2 heterocycles. The quantitative estimate of drug-likeness (QED) is 0.565. The van der Waals surface area contributed by atoms with Gasteiger partial charge in [0.05, 0.1) is 0 Å². The molecule has 0 spiro atoms. The number of hydrogen-bond acceptors (Lipinski definition) is 2. The maximum atomic E-state index is 5.78. The second-order valence-electron chi connectivity index (χ2n) is 4.14. The molecule has 1 aromatic heterocycles. The van der Waals surface area contributed by atoms with Gasteiger partial charge in [0.15, 0.2) is 0 Å². The van der Waals surface area contributed by atoms with Crippen molar-refractivity contribution in [2.45, 2.75) is 12.8 Å². The summed E-state index contributed by atoms with van der Waals surface area (Å²) in [5.41, 5.74) is 10.6. The summed E-state index contributed by atoms with van der Waals surface area (Å²) in [4.78, 5) is 3.48. The van der Waals surface area contributed by atoms with Gasteiger partial charge in [0, 0.05) is 35.2 Å². The summed E-state index contributed by atoms with van der Waals surface area (Å²) in [6, 6.07) is 6.14. The van der Waals surface area contributed by atoms with Crippen LogP contribution < -0.4 is 11.1 Å². The summed E-state index contributed by atoms with van der Waals surface area (Å²) in [5.74, 6) is 0. The highest BCUT2D eigenvalue weighted by molar-refractivity contribution is 5.87. The van der Waals surface area contributed by atoms with Gasteiger partial charge in [0.2, 0.25) is 0 Å². The van der Waals surface area contributed by atoms with Gasteiger partial charge in [-0.3, -0.25) is 0 Å². The fourth-order valence-electron chi connectivity index (χ4n) is 2.38. The molecule has 3 rings (SSSR count). The molecule has 0 saturated carbocycles. The van der Waals surface area contributed by atoms with Crippen LogP contribution in [0.5, 0.6) is 0 Å². The summed E-state index contributed by atoms with van der Waals surface area (Å²) in [6.45, 7) is 2.14. The zero-order valence-corrected chi connectivity index (χ0v) is 8.64. The summed E-state index contributed by atoms with van der Waals surface area (Å²) in [7, 11) is 0. The summed E-state index contributed by atoms with van der Waals surface area (Å²) >= 11 is 0. The Morgan fingerprint density at radius 3 is 2.93 bits per heavy atom. The third-order valence-electron chi connectivity index (χ3n) is 3.12. The number of fused-ring (bicyclic) bond motifs is 3. The van der Waals surface area contributed by atoms with Crippen LogP contribution in [0.15, 0.2) is 18.2 Å². The number of hydrogen-bond donors (Lipinski definition) is 3. The second kappa shape index (κ2) is 3.28. The van der Waals surface area contributed by atoms with E-state index < -0.39 is 0 Å². The largest absolute Gasteiger partial charge is 0.399 e. The van der Waals surface area contributed by atoms with Crippen LogP contribution in [0.2, 0.25) is 0 Å². The van der Waals surface area contributed by atoms with Crippen LogP contribution in [0, 0.1) is 0 Å². The summed E-state index contributed by atoms with van der Waals surface area (Å²) in [6.07, 6.45) is 2.20. The number of aromatic amines is 1. The number of nitrogens with one attached hydrogen (secondary N) is 2. The Balaban J connectivity index is 2.23. The lowest BCUT2D eigenvalue weighted by Gasteiger charge is -1.98. The van der Waals surface area contributed by atoms with Crippen molar-refractivity contribution in [2.75, 3.05) is 18.8 Å². The van der Waals surface area contributed by atoms with E-state index in [2.05, 4.69) is 16.4 Å². The molecule has 1 aliphatic rings. The molecule has 0 unspecified atom stereocenters. The number of aromatic nitrogens is 1. The fraction of sp³-hybridized carbons (Fsp3) is 0.333. The van der Waals surface area contributed by atoms with Crippen molar-refractivity contribution in [1.29, 1.82) is 0 Å². The molecule has 0 amide bonds. The molecule has 15 heavy (non-hydrogen) atoms. The van der Waals surface area contributed by atoms with Crippen LogP contribution in [0.4, 0.5) is 5.69 Å². The molecule has 1 aromatic carbocycles. The molecule has 3 nitrogen and oxygen atoms in total. The van der Waals surface area contributed by atoms with E-state index in [0.29, 0.717) is 0 Å². The zero-order chi connectivity index (χ0) is 10.3. The van der Waals surface area contributed by atoms with Gasteiger partial charge in [-0.05, 0) is 30.7 Å². The van der Waals surface area contributed by atoms with Crippen molar-refractivity contribution in [3.63, 3.8) is 0 Å². The van der Waals surface area contributed by atoms with Gasteiger partial charge in [0.25, 0.3) is 0 Å². The number of nitrogen functional groups attached to an aromatic ring is 1. The first-order valence-corrected chi connectivity index (χ1v) is 5.44. The fourth-order valence-corrected chi connectivity index (χ4v) is 2.38. The highest BCUT2D eigenvalue weighted by atomic mass is 14.9. The average Bonchev–Trinajstić information content (AvgIpc) is 2.42. The number of rotatable bonds is 0. The molecule has 3 heteroatoms. The summed E-state index contributed by atoms with van der Waals surface area (Å²) < 4.78 is 0. The van der Waals surface area contributed by atoms with Crippen LogP contribution in [0.25, 0.3) is 10.9 Å². The van der Waals surface area contributed by atoms with Crippen molar-refractivity contribution in [1.82, 2.24) is 10.3 Å². The van der Waals surface area contributed by atoms with Gasteiger partial charge in [-0.25, -0.2) is 0 Å². The minimum absolute atomic E-state index is 0.831. The molecule has 0 atom stereocenters. The molecular weight excluding hydrogens is 186 g/mol. The Labute approximate surface area is 88.7 Å². The maximum absolute atomic E-state index is 5.78. The SMILES string of the molecule is Nc1ccc2c3c([nH]c2c1)CCNCC3. The number of nitrogens with two attached hydrogens (primary N) is 1. The molecule has 0 saturated heterocycles. The first-order valence-electron chi connectivity index (χ1n) is 5.44. The molecule has 0 aliphatic carbocycles. The van der Waals surface area contributed by atoms with Gasteiger partial charge in [-0.15, -0.1) is 0 Å². The zero-order valence-electron chi connectivity index (χ0n) is 8.64. The Bertz CT molecular complexity index is 499. The molecule has 0 fully saturated rings. The first kappa shape index (κ1) is 8.80. The van der Waals surface area contributed by atoms with E-state index >= 15 is 0 Å². The van der Waals surface area contributed by atoms with Crippen LogP contribution >= 0.6 is 0 Å². The Morgan fingerprint density at radius 2 is 2.00 bits per heavy atom. The van der Waals surface area contributed by atoms with Crippen molar-refractivity contribution < 1.29 is 0 Å². The van der Waals surface area contributed by atoms with E-state index in [1.807, 2.05) is 12.1 Å². The molecular formula is C12H15N3. The smallest absolute Gasteiger partial charge is 0.0479 e. The lowest BCUT2D eigenvalue weighted by molar-refractivity contribution is 0.708. The number of H-pyrrole nitrogens is 1. The molecule has 1 aliphatic heterocycles. The Kier molecular flexibility index (Phi) is 1.92. The monoisotopic (exact) mass is 201 g/mol. The highest BCUT2D eigenvalue weighted by Gasteiger charge is 2.13. The minimum atomic E-state index is 0.831. The van der Waals surface area contributed by atoms with Gasteiger partial charge in [-0.2, -0.15) is 0 Å². The highest BCUT2D eigenvalue weighted by Crippen LogP contribution is 2.25. The van der Waals surface area contributed by atoms with Crippen LogP contribution in [-0.4, -0.2) is 18.1 Å². The van der Waals surface area contributed by atoms with Crippen molar-refractivity contribution in [2.24, 2.45) is 0 Å². The lowest BCUT2D eigenvalue weighted by Crippen LogP contribution is -2.16. The molecule has 78 valence electrons. The Hall–Kier alpha value is -1.48. The minimum Gasteiger partial charge on any atom is -0.399 e. The normalized spacial score (nSPS) is 16.3. The average molecular weight is 201 g/mol. The van der Waals surface area contributed by atoms with Gasteiger partial charge >= 0.3 is 0 Å². The molecule has 0 bridgehead atoms. The van der Waals surface area contributed by atoms with Crippen LogP contribution in [0.1, 0.15) is 11.3 Å². The van der Waals surface area contributed by atoms with Crippen molar-refractivity contribution >= 4 is 16.6 Å². The van der Waals surface area contributed by atoms with E-state index in [1.165, 1.54) is 22.2 Å². The van der Waals surface area contributed by atoms with E-state index in [1.54, 1.807) is 0 Å². The molecule has 2 aromatic rings. The van der Waals surface area contributed by atoms with Crippen molar-refractivity contribution in [3.8, 4) is 0 Å². The molecule has 4 N–H and O–H groups in total. The van der Waals surface area contributed by atoms with Crippen LogP contribution in [-0.2, 0) is 12.8 Å². The van der Waals surface area contributed by atoms with Crippen LogP contribution in [0.3, 0.4) is 0 Å². The topological polar surface area (TPSA) is 53.8 Å². The van der Waals surface area contributed by atoms with Crippen molar-refractivity contribution in [3.05, 3.63) is 29.5 Å². The molecule has 0 radical (unpaired) electrons. The number of anilines is 1. The second-order valence-corrected chi connectivity index (χ2v) is 4.14. The third-order valence-corrected chi connectivity index (χ3v) is 3.12. The lowest BCUT2D eigenvalue weighted by atomic mass is 10.1. The third kappa shape index (κ3) is 1.39. The standard InChI is InChI=1S/C12H15N3/c13-8-1-2-9-10-3-5-14-6-4-11(10)15-12(9)7-8/h1-2,7,14-15H,3-6,13H2. The van der Waals surface area contributed by atoms with Gasteiger partial charge < -0.3 is 16.0 Å². The van der Waals surface area contributed by atoms with E-state index in [0.717, 1.165) is 31.6 Å². The predicted molar refractivity (Wildman–Crippen MR) is 63.0 cm³/mol. The van der Waals surface area contributed by atoms with E-state index in [-0.39, 0.29) is 0 Å². The Morgan fingerprint density at radius 1 is 1.13 bits per heavy atom.